The monoisotopic (exact) mass is 342 g/mol. The molecule has 1 aliphatic heterocycles. The van der Waals surface area contributed by atoms with Crippen LogP contribution in [0.15, 0.2) is 42.5 Å². The summed E-state index contributed by atoms with van der Waals surface area (Å²) in [5.41, 5.74) is 1.98. The van der Waals surface area contributed by atoms with E-state index in [0.29, 0.717) is 12.8 Å². The van der Waals surface area contributed by atoms with Crippen molar-refractivity contribution in [1.29, 1.82) is 0 Å². The molecule has 1 saturated heterocycles. The van der Waals surface area contributed by atoms with Crippen LogP contribution in [0.5, 0.6) is 0 Å². The number of hydrogen-bond donors (Lipinski definition) is 1. The minimum atomic E-state index is -0.459. The third-order valence-corrected chi connectivity index (χ3v) is 4.48. The maximum Gasteiger partial charge on any atom is 0.306 e. The van der Waals surface area contributed by atoms with Crippen molar-refractivity contribution in [2.75, 3.05) is 0 Å². The zero-order valence-electron chi connectivity index (χ0n) is 15.2. The van der Waals surface area contributed by atoms with Crippen molar-refractivity contribution in [2.45, 2.75) is 70.5 Å². The van der Waals surface area contributed by atoms with Gasteiger partial charge in [0.1, 0.15) is 6.10 Å². The Morgan fingerprint density at radius 2 is 2.04 bits per heavy atom. The van der Waals surface area contributed by atoms with Gasteiger partial charge in [-0.3, -0.25) is 4.79 Å². The van der Waals surface area contributed by atoms with Gasteiger partial charge in [-0.25, -0.2) is 0 Å². The average molecular weight is 342 g/mol. The minimum absolute atomic E-state index is 0.107. The van der Waals surface area contributed by atoms with Crippen LogP contribution in [0.25, 0.3) is 6.08 Å². The van der Waals surface area contributed by atoms with Crippen LogP contribution in [0.2, 0.25) is 0 Å². The Kier molecular flexibility index (Phi) is 8.47. The molecule has 0 saturated carbocycles. The molecule has 25 heavy (non-hydrogen) atoms. The fraction of sp³-hybridized carbons (Fsp3) is 0.500. The van der Waals surface area contributed by atoms with Crippen molar-refractivity contribution in [3.8, 4) is 0 Å². The molecule has 1 heterocycles. The van der Waals surface area contributed by atoms with Gasteiger partial charge in [-0.15, -0.1) is 0 Å². The smallest absolute Gasteiger partial charge is 0.306 e. The van der Waals surface area contributed by atoms with Crippen LogP contribution in [0.4, 0.5) is 0 Å². The average Bonchev–Trinajstić information content (AvgIpc) is 2.63. The highest BCUT2D eigenvalue weighted by Crippen LogP contribution is 2.20. The van der Waals surface area contributed by atoms with Crippen molar-refractivity contribution in [2.24, 2.45) is 0 Å². The first kappa shape index (κ1) is 19.5. The minimum Gasteiger partial charge on any atom is -0.458 e. The second-order valence-corrected chi connectivity index (χ2v) is 6.67. The number of unbranched alkanes of at least 4 members (excludes halogenated alkanes) is 3. The zero-order chi connectivity index (χ0) is 17.9. The third-order valence-electron chi connectivity index (χ3n) is 4.48. The molecule has 1 aliphatic rings. The standard InChI is InChI=1S/C22H30O3/c1-2-3-4-5-6-7-10-21(23)19-15-12-18(13-16-19)14-17-20-9-8-11-22(24)25-20/h6-7,12-17,20-21,23H,2-5,8-11H2,1H3/t20-,21?/m0/s1. The van der Waals surface area contributed by atoms with E-state index in [1.807, 2.05) is 36.4 Å². The van der Waals surface area contributed by atoms with E-state index in [1.54, 1.807) is 0 Å². The highest BCUT2D eigenvalue weighted by Gasteiger charge is 2.17. The summed E-state index contributed by atoms with van der Waals surface area (Å²) in [6.45, 7) is 2.20. The molecule has 2 atom stereocenters. The van der Waals surface area contributed by atoms with Gasteiger partial charge in [-0.1, -0.05) is 62.3 Å². The highest BCUT2D eigenvalue weighted by molar-refractivity contribution is 5.70. The van der Waals surface area contributed by atoms with E-state index < -0.39 is 6.10 Å². The number of allylic oxidation sites excluding steroid dienone is 1. The molecule has 0 radical (unpaired) electrons. The van der Waals surface area contributed by atoms with Crippen molar-refractivity contribution in [3.05, 3.63) is 53.6 Å². The highest BCUT2D eigenvalue weighted by atomic mass is 16.5. The van der Waals surface area contributed by atoms with Crippen molar-refractivity contribution in [3.63, 3.8) is 0 Å². The molecule has 2 rings (SSSR count). The summed E-state index contributed by atoms with van der Waals surface area (Å²) < 4.78 is 5.28. The Labute approximate surface area is 151 Å². The predicted octanol–water partition coefficient (Wildman–Crippen LogP) is 5.36. The summed E-state index contributed by atoms with van der Waals surface area (Å²) >= 11 is 0. The normalized spacial score (nSPS) is 19.4. The van der Waals surface area contributed by atoms with Gasteiger partial charge in [0.05, 0.1) is 6.10 Å². The Morgan fingerprint density at radius 3 is 2.76 bits per heavy atom. The van der Waals surface area contributed by atoms with E-state index in [4.69, 9.17) is 4.74 Å². The van der Waals surface area contributed by atoms with E-state index in [0.717, 1.165) is 30.4 Å². The van der Waals surface area contributed by atoms with E-state index in [2.05, 4.69) is 19.1 Å². The summed E-state index contributed by atoms with van der Waals surface area (Å²) in [6, 6.07) is 7.90. The van der Waals surface area contributed by atoms with Gasteiger partial charge in [0, 0.05) is 6.42 Å². The molecule has 136 valence electrons. The molecule has 1 aromatic carbocycles. The van der Waals surface area contributed by atoms with Crippen LogP contribution in [0.3, 0.4) is 0 Å². The topological polar surface area (TPSA) is 46.5 Å². The summed E-state index contributed by atoms with van der Waals surface area (Å²) in [5.74, 6) is -0.109. The van der Waals surface area contributed by atoms with Crippen molar-refractivity contribution >= 4 is 12.0 Å². The molecule has 1 aromatic rings. The molecule has 1 N–H and O–H groups in total. The molecular formula is C22H30O3. The number of aliphatic hydroxyl groups is 1. The second kappa shape index (κ2) is 10.9. The number of carbonyl (C=O) groups excluding carboxylic acids is 1. The number of esters is 1. The van der Waals surface area contributed by atoms with Crippen LogP contribution in [-0.2, 0) is 9.53 Å². The first-order valence-corrected chi connectivity index (χ1v) is 9.49. The lowest BCUT2D eigenvalue weighted by Gasteiger charge is -2.18. The molecule has 0 amide bonds. The molecule has 1 fully saturated rings. The molecule has 0 bridgehead atoms. The number of ether oxygens (including phenoxy) is 1. The fourth-order valence-corrected chi connectivity index (χ4v) is 2.91. The first-order chi connectivity index (χ1) is 12.2. The van der Waals surface area contributed by atoms with Crippen LogP contribution in [0.1, 0.15) is 75.5 Å². The molecular weight excluding hydrogens is 312 g/mol. The number of cyclic esters (lactones) is 1. The van der Waals surface area contributed by atoms with Crippen LogP contribution < -0.4 is 0 Å². The largest absolute Gasteiger partial charge is 0.458 e. The summed E-state index contributed by atoms with van der Waals surface area (Å²) in [6.07, 6.45) is 15.4. The van der Waals surface area contributed by atoms with Gasteiger partial charge < -0.3 is 9.84 Å². The molecule has 3 nitrogen and oxygen atoms in total. The number of carbonyl (C=O) groups is 1. The van der Waals surface area contributed by atoms with Crippen LogP contribution >= 0.6 is 0 Å². The Bertz CT molecular complexity index is 571. The fourth-order valence-electron chi connectivity index (χ4n) is 2.91. The Balaban J connectivity index is 1.79. The molecule has 0 aliphatic carbocycles. The number of benzene rings is 1. The molecule has 1 unspecified atom stereocenters. The molecule has 0 aromatic heterocycles. The van der Waals surface area contributed by atoms with Crippen LogP contribution in [-0.4, -0.2) is 17.2 Å². The predicted molar refractivity (Wildman–Crippen MR) is 102 cm³/mol. The van der Waals surface area contributed by atoms with Crippen molar-refractivity contribution in [1.82, 2.24) is 0 Å². The van der Waals surface area contributed by atoms with Gasteiger partial charge in [0.2, 0.25) is 0 Å². The maximum absolute atomic E-state index is 11.3. The van der Waals surface area contributed by atoms with E-state index >= 15 is 0 Å². The van der Waals surface area contributed by atoms with Gasteiger partial charge in [-0.2, -0.15) is 0 Å². The maximum atomic E-state index is 11.3. The zero-order valence-corrected chi connectivity index (χ0v) is 15.2. The van der Waals surface area contributed by atoms with Gasteiger partial charge in [0.25, 0.3) is 0 Å². The van der Waals surface area contributed by atoms with E-state index in [1.165, 1.54) is 19.3 Å². The quantitative estimate of drug-likeness (QED) is 0.373. The molecule has 3 heteroatoms. The second-order valence-electron chi connectivity index (χ2n) is 6.67. The lowest BCUT2D eigenvalue weighted by atomic mass is 10.0. The lowest BCUT2D eigenvalue weighted by Crippen LogP contribution is -2.21. The van der Waals surface area contributed by atoms with E-state index in [-0.39, 0.29) is 12.1 Å². The summed E-state index contributed by atoms with van der Waals surface area (Å²) in [7, 11) is 0. The number of aliphatic hydroxyl groups excluding tert-OH is 1. The Morgan fingerprint density at radius 1 is 1.24 bits per heavy atom. The first-order valence-electron chi connectivity index (χ1n) is 9.49. The third kappa shape index (κ3) is 7.27. The van der Waals surface area contributed by atoms with Crippen molar-refractivity contribution < 1.29 is 14.6 Å². The SMILES string of the molecule is CCCCCC=CCC(O)c1ccc(C=C[C@@H]2CCCC(=O)O2)cc1. The summed E-state index contributed by atoms with van der Waals surface area (Å²) in [5, 5.41) is 10.3. The van der Waals surface area contributed by atoms with Gasteiger partial charge in [0.15, 0.2) is 0 Å². The molecule has 0 spiro atoms. The Hall–Kier alpha value is -1.87. The summed E-state index contributed by atoms with van der Waals surface area (Å²) in [4.78, 5) is 11.3. The van der Waals surface area contributed by atoms with E-state index in [9.17, 15) is 9.90 Å². The van der Waals surface area contributed by atoms with Gasteiger partial charge in [-0.05, 0) is 49.3 Å². The van der Waals surface area contributed by atoms with Crippen LogP contribution in [0, 0.1) is 0 Å². The number of rotatable bonds is 9. The van der Waals surface area contributed by atoms with Gasteiger partial charge >= 0.3 is 5.97 Å². The number of hydrogen-bond acceptors (Lipinski definition) is 3. The lowest BCUT2D eigenvalue weighted by molar-refractivity contribution is -0.150.